The van der Waals surface area contributed by atoms with Crippen molar-refractivity contribution in [1.29, 1.82) is 0 Å². The van der Waals surface area contributed by atoms with Crippen molar-refractivity contribution in [3.63, 3.8) is 0 Å². The predicted molar refractivity (Wildman–Crippen MR) is 78.8 cm³/mol. The van der Waals surface area contributed by atoms with Crippen LogP contribution in [-0.2, 0) is 4.74 Å². The summed E-state index contributed by atoms with van der Waals surface area (Å²) in [5.74, 6) is 0. The minimum atomic E-state index is -0.828. The first kappa shape index (κ1) is 14.2. The minimum Gasteiger partial charge on any atom is -0.382 e. The maximum atomic E-state index is 5.51. The molecule has 0 bridgehead atoms. The lowest BCUT2D eigenvalue weighted by Crippen LogP contribution is -2.30. The molecule has 1 rings (SSSR count). The summed E-state index contributed by atoms with van der Waals surface area (Å²) >= 11 is 0. The lowest BCUT2D eigenvalue weighted by atomic mass is 10.3. The molecule has 0 spiro atoms. The van der Waals surface area contributed by atoms with Crippen LogP contribution in [0.5, 0.6) is 0 Å². The van der Waals surface area contributed by atoms with E-state index in [1.807, 2.05) is 6.08 Å². The highest BCUT2D eigenvalue weighted by molar-refractivity contribution is 6.73. The Morgan fingerprint density at radius 1 is 1.24 bits per heavy atom. The van der Waals surface area contributed by atoms with Crippen LogP contribution in [0.15, 0.2) is 43.0 Å². The molecule has 1 atom stereocenters. The van der Waals surface area contributed by atoms with Gasteiger partial charge in [0.2, 0.25) is 0 Å². The van der Waals surface area contributed by atoms with E-state index in [1.54, 1.807) is 5.19 Å². The van der Waals surface area contributed by atoms with Crippen LogP contribution in [0.4, 0.5) is 0 Å². The van der Waals surface area contributed by atoms with Gasteiger partial charge in [0.05, 0.1) is 8.80 Å². The highest BCUT2D eigenvalue weighted by Crippen LogP contribution is 2.07. The van der Waals surface area contributed by atoms with Crippen molar-refractivity contribution in [3.05, 3.63) is 43.0 Å². The largest absolute Gasteiger partial charge is 0.382 e. The maximum absolute atomic E-state index is 5.51. The smallest absolute Gasteiger partial charge is 0.0730 e. The molecule has 0 saturated heterocycles. The fourth-order valence-corrected chi connectivity index (χ4v) is 4.98. The topological polar surface area (TPSA) is 9.23 Å². The molecule has 17 heavy (non-hydrogen) atoms. The zero-order chi connectivity index (χ0) is 12.3. The zero-order valence-corrected chi connectivity index (χ0v) is 12.1. The van der Waals surface area contributed by atoms with Gasteiger partial charge in [-0.2, -0.15) is 0 Å². The highest BCUT2D eigenvalue weighted by atomic mass is 28.3. The Labute approximate surface area is 107 Å². The Morgan fingerprint density at radius 3 is 2.65 bits per heavy atom. The normalized spacial score (nSPS) is 12.3. The molecular formula is C15H24OSi. The molecule has 0 aliphatic heterocycles. The van der Waals surface area contributed by atoms with Gasteiger partial charge < -0.3 is 4.74 Å². The summed E-state index contributed by atoms with van der Waals surface area (Å²) in [4.78, 5) is 0. The second-order valence-corrected chi connectivity index (χ2v) is 7.53. The third-order valence-corrected chi connectivity index (χ3v) is 6.41. The molecule has 0 heterocycles. The molecule has 0 radical (unpaired) electrons. The van der Waals surface area contributed by atoms with E-state index in [0.29, 0.717) is 0 Å². The molecule has 0 aliphatic rings. The van der Waals surface area contributed by atoms with Crippen LogP contribution in [0, 0.1) is 0 Å². The number of hydrogen-bond acceptors (Lipinski definition) is 1. The first-order chi connectivity index (χ1) is 8.38. The predicted octanol–water partition coefficient (Wildman–Crippen LogP) is 3.12. The van der Waals surface area contributed by atoms with Gasteiger partial charge in [0, 0.05) is 13.2 Å². The van der Waals surface area contributed by atoms with Crippen molar-refractivity contribution >= 4 is 14.0 Å². The van der Waals surface area contributed by atoms with Gasteiger partial charge in [-0.25, -0.2) is 0 Å². The number of hydrogen-bond donors (Lipinski definition) is 0. The van der Waals surface area contributed by atoms with Crippen LogP contribution >= 0.6 is 0 Å². The van der Waals surface area contributed by atoms with E-state index in [2.05, 4.69) is 43.8 Å². The Bertz CT molecular complexity index is 297. The number of benzene rings is 1. The van der Waals surface area contributed by atoms with Gasteiger partial charge >= 0.3 is 0 Å². The van der Waals surface area contributed by atoms with Gasteiger partial charge in [-0.3, -0.25) is 0 Å². The summed E-state index contributed by atoms with van der Waals surface area (Å²) in [6.07, 6.45) is 4.45. The molecule has 1 nitrogen and oxygen atoms in total. The third-order valence-electron chi connectivity index (χ3n) is 3.05. The van der Waals surface area contributed by atoms with Crippen LogP contribution in [-0.4, -0.2) is 22.0 Å². The molecule has 1 unspecified atom stereocenters. The molecule has 2 heteroatoms. The first-order valence-corrected chi connectivity index (χ1v) is 8.83. The van der Waals surface area contributed by atoms with Gasteiger partial charge in [-0.1, -0.05) is 54.1 Å². The number of ether oxygens (including phenoxy) is 1. The van der Waals surface area contributed by atoms with Crippen molar-refractivity contribution in [2.45, 2.75) is 31.9 Å². The molecule has 0 N–H and O–H groups in total. The molecule has 0 fully saturated rings. The molecule has 0 saturated carbocycles. The van der Waals surface area contributed by atoms with Gasteiger partial charge in [0.25, 0.3) is 0 Å². The van der Waals surface area contributed by atoms with E-state index in [1.165, 1.54) is 18.5 Å². The summed E-state index contributed by atoms with van der Waals surface area (Å²) in [6.45, 7) is 7.63. The van der Waals surface area contributed by atoms with Crippen molar-refractivity contribution in [3.8, 4) is 0 Å². The van der Waals surface area contributed by atoms with Crippen molar-refractivity contribution in [2.75, 3.05) is 13.2 Å². The van der Waals surface area contributed by atoms with Crippen molar-refractivity contribution < 1.29 is 4.74 Å². The Balaban J connectivity index is 2.49. The van der Waals surface area contributed by atoms with E-state index in [0.717, 1.165) is 19.6 Å². The fraction of sp³-hybridized carbons (Fsp3) is 0.467. The van der Waals surface area contributed by atoms with E-state index in [9.17, 15) is 0 Å². The average molecular weight is 248 g/mol. The Morgan fingerprint density at radius 2 is 2.00 bits per heavy atom. The van der Waals surface area contributed by atoms with Crippen LogP contribution in [0.3, 0.4) is 0 Å². The summed E-state index contributed by atoms with van der Waals surface area (Å²) in [5, 5.41) is 1.58. The summed E-state index contributed by atoms with van der Waals surface area (Å²) in [5.41, 5.74) is 0. The standard InChI is InChI=1S/C15H24OSi/c1-3-5-9-13-17(14-12-16-4-2)15-10-7-6-8-11-15/h3,6-8,10-11,17H,1,4-5,9,12-14H2,2H3. The van der Waals surface area contributed by atoms with E-state index < -0.39 is 8.80 Å². The number of rotatable bonds is 9. The number of unbranched alkanes of at least 4 members (excludes halogenated alkanes) is 1. The highest BCUT2D eigenvalue weighted by Gasteiger charge is 2.12. The lowest BCUT2D eigenvalue weighted by molar-refractivity contribution is 0.161. The van der Waals surface area contributed by atoms with Gasteiger partial charge in [-0.05, 0) is 19.4 Å². The summed E-state index contributed by atoms with van der Waals surface area (Å²) in [6, 6.07) is 13.6. The summed E-state index contributed by atoms with van der Waals surface area (Å²) in [7, 11) is -0.828. The van der Waals surface area contributed by atoms with E-state index in [4.69, 9.17) is 4.74 Å². The molecule has 1 aromatic rings. The number of allylic oxidation sites excluding steroid dienone is 1. The molecule has 1 aromatic carbocycles. The SMILES string of the molecule is C=CCCC[SiH](CCOCC)c1ccccc1. The fourth-order valence-electron chi connectivity index (χ4n) is 2.08. The average Bonchev–Trinajstić information content (AvgIpc) is 2.38. The van der Waals surface area contributed by atoms with Crippen LogP contribution in [0.1, 0.15) is 19.8 Å². The van der Waals surface area contributed by atoms with E-state index in [-0.39, 0.29) is 0 Å². The van der Waals surface area contributed by atoms with Crippen LogP contribution < -0.4 is 5.19 Å². The lowest BCUT2D eigenvalue weighted by Gasteiger charge is -2.15. The summed E-state index contributed by atoms with van der Waals surface area (Å²) < 4.78 is 5.51. The van der Waals surface area contributed by atoms with Gasteiger partial charge in [0.1, 0.15) is 0 Å². The first-order valence-electron chi connectivity index (χ1n) is 6.62. The van der Waals surface area contributed by atoms with Crippen LogP contribution in [0.25, 0.3) is 0 Å². The second-order valence-electron chi connectivity index (χ2n) is 4.31. The van der Waals surface area contributed by atoms with Gasteiger partial charge in [0.15, 0.2) is 0 Å². The Hall–Kier alpha value is -0.863. The monoisotopic (exact) mass is 248 g/mol. The van der Waals surface area contributed by atoms with Crippen molar-refractivity contribution in [2.24, 2.45) is 0 Å². The van der Waals surface area contributed by atoms with Crippen molar-refractivity contribution in [1.82, 2.24) is 0 Å². The Kier molecular flexibility index (Phi) is 7.68. The van der Waals surface area contributed by atoms with Gasteiger partial charge in [-0.15, -0.1) is 6.58 Å². The molecule has 0 aliphatic carbocycles. The van der Waals surface area contributed by atoms with Crippen LogP contribution in [0.2, 0.25) is 12.1 Å². The quantitative estimate of drug-likeness (QED) is 0.371. The minimum absolute atomic E-state index is 0.828. The molecule has 94 valence electrons. The molecule has 0 aromatic heterocycles. The maximum Gasteiger partial charge on any atom is 0.0730 e. The zero-order valence-electron chi connectivity index (χ0n) is 10.9. The second kappa shape index (κ2) is 9.20. The van der Waals surface area contributed by atoms with E-state index >= 15 is 0 Å². The third kappa shape index (κ3) is 5.85. The molecule has 0 amide bonds. The molecular weight excluding hydrogens is 224 g/mol.